The highest BCUT2D eigenvalue weighted by molar-refractivity contribution is 5.75. The molecule has 0 radical (unpaired) electrons. The Morgan fingerprint density at radius 1 is 1.50 bits per heavy atom. The van der Waals surface area contributed by atoms with Crippen LogP contribution in [0.25, 0.3) is 0 Å². The van der Waals surface area contributed by atoms with Crippen molar-refractivity contribution in [3.05, 3.63) is 29.8 Å². The lowest BCUT2D eigenvalue weighted by Crippen LogP contribution is -2.38. The van der Waals surface area contributed by atoms with Gasteiger partial charge in [0.15, 0.2) is 0 Å². The highest BCUT2D eigenvalue weighted by Gasteiger charge is 2.23. The van der Waals surface area contributed by atoms with E-state index in [2.05, 4.69) is 10.6 Å². The predicted octanol–water partition coefficient (Wildman–Crippen LogP) is 2.61. The van der Waals surface area contributed by atoms with Gasteiger partial charge < -0.3 is 15.4 Å². The van der Waals surface area contributed by atoms with Gasteiger partial charge in [0.1, 0.15) is 5.75 Å². The second-order valence-corrected chi connectivity index (χ2v) is 4.62. The molecule has 0 aromatic heterocycles. The van der Waals surface area contributed by atoms with Crippen LogP contribution in [0.15, 0.2) is 24.3 Å². The van der Waals surface area contributed by atoms with Crippen molar-refractivity contribution < 1.29 is 9.53 Å². The zero-order chi connectivity index (χ0) is 13.0. The zero-order valence-electron chi connectivity index (χ0n) is 10.9. The predicted molar refractivity (Wildman–Crippen MR) is 70.7 cm³/mol. The molecular formula is C14H20N2O2. The number of urea groups is 1. The van der Waals surface area contributed by atoms with Gasteiger partial charge in [0.25, 0.3) is 0 Å². The Kier molecular flexibility index (Phi) is 4.07. The second-order valence-electron chi connectivity index (χ2n) is 4.62. The second kappa shape index (κ2) is 5.76. The SMILES string of the molecule is CCOc1cccc([C@H](C)NC(=O)NC2CC2)c1. The van der Waals surface area contributed by atoms with Crippen LogP contribution < -0.4 is 15.4 Å². The highest BCUT2D eigenvalue weighted by atomic mass is 16.5. The minimum absolute atomic E-state index is 0.0239. The van der Waals surface area contributed by atoms with Crippen molar-refractivity contribution in [1.29, 1.82) is 0 Å². The van der Waals surface area contributed by atoms with Crippen LogP contribution in [0.2, 0.25) is 0 Å². The molecule has 0 spiro atoms. The molecule has 1 aromatic carbocycles. The summed E-state index contributed by atoms with van der Waals surface area (Å²) < 4.78 is 5.45. The van der Waals surface area contributed by atoms with E-state index >= 15 is 0 Å². The lowest BCUT2D eigenvalue weighted by atomic mass is 10.1. The van der Waals surface area contributed by atoms with Gasteiger partial charge in [-0.3, -0.25) is 0 Å². The van der Waals surface area contributed by atoms with E-state index in [0.29, 0.717) is 12.6 Å². The van der Waals surface area contributed by atoms with E-state index in [1.54, 1.807) is 0 Å². The third-order valence-electron chi connectivity index (χ3n) is 2.93. The Morgan fingerprint density at radius 3 is 2.94 bits per heavy atom. The smallest absolute Gasteiger partial charge is 0.315 e. The number of carbonyl (C=O) groups excluding carboxylic acids is 1. The number of hydrogen-bond donors (Lipinski definition) is 2. The molecule has 0 aliphatic heterocycles. The third-order valence-corrected chi connectivity index (χ3v) is 2.93. The van der Waals surface area contributed by atoms with Crippen molar-refractivity contribution in [2.45, 2.75) is 38.8 Å². The molecule has 4 nitrogen and oxygen atoms in total. The Morgan fingerprint density at radius 2 is 2.28 bits per heavy atom. The maximum atomic E-state index is 11.6. The largest absolute Gasteiger partial charge is 0.494 e. The maximum absolute atomic E-state index is 11.6. The summed E-state index contributed by atoms with van der Waals surface area (Å²) in [6.45, 7) is 4.57. The summed E-state index contributed by atoms with van der Waals surface area (Å²) in [5.41, 5.74) is 1.05. The molecule has 0 unspecified atom stereocenters. The molecule has 0 bridgehead atoms. The highest BCUT2D eigenvalue weighted by Crippen LogP contribution is 2.20. The van der Waals surface area contributed by atoms with Gasteiger partial charge in [-0.1, -0.05) is 12.1 Å². The first-order valence-corrected chi connectivity index (χ1v) is 6.49. The van der Waals surface area contributed by atoms with E-state index in [1.807, 2.05) is 38.1 Å². The van der Waals surface area contributed by atoms with Crippen molar-refractivity contribution in [3.63, 3.8) is 0 Å². The number of nitrogens with one attached hydrogen (secondary N) is 2. The number of rotatable bonds is 5. The summed E-state index contributed by atoms with van der Waals surface area (Å²) in [5.74, 6) is 0.839. The molecule has 1 aromatic rings. The van der Waals surface area contributed by atoms with Crippen LogP contribution in [0, 0.1) is 0 Å². The van der Waals surface area contributed by atoms with E-state index in [-0.39, 0.29) is 12.1 Å². The van der Waals surface area contributed by atoms with E-state index in [0.717, 1.165) is 24.2 Å². The molecule has 4 heteroatoms. The molecule has 2 amide bonds. The van der Waals surface area contributed by atoms with Crippen LogP contribution in [-0.4, -0.2) is 18.7 Å². The molecule has 18 heavy (non-hydrogen) atoms. The van der Waals surface area contributed by atoms with Gasteiger partial charge in [0.05, 0.1) is 12.6 Å². The fourth-order valence-electron chi connectivity index (χ4n) is 1.78. The van der Waals surface area contributed by atoms with Crippen LogP contribution >= 0.6 is 0 Å². The summed E-state index contributed by atoms with van der Waals surface area (Å²) in [4.78, 5) is 11.6. The van der Waals surface area contributed by atoms with Crippen LogP contribution in [0.3, 0.4) is 0 Å². The van der Waals surface area contributed by atoms with Crippen molar-refractivity contribution >= 4 is 6.03 Å². The van der Waals surface area contributed by atoms with Crippen molar-refractivity contribution in [1.82, 2.24) is 10.6 Å². The average molecular weight is 248 g/mol. The standard InChI is InChI=1S/C14H20N2O2/c1-3-18-13-6-4-5-11(9-13)10(2)15-14(17)16-12-7-8-12/h4-6,9-10,12H,3,7-8H2,1-2H3,(H2,15,16,17)/t10-/m0/s1. The quantitative estimate of drug-likeness (QED) is 0.841. The molecular weight excluding hydrogens is 228 g/mol. The number of carbonyl (C=O) groups is 1. The molecule has 0 saturated heterocycles. The fourth-order valence-corrected chi connectivity index (χ4v) is 1.78. The van der Waals surface area contributed by atoms with Gasteiger partial charge in [-0.25, -0.2) is 4.79 Å². The van der Waals surface area contributed by atoms with E-state index < -0.39 is 0 Å². The first kappa shape index (κ1) is 12.7. The Balaban J connectivity index is 1.91. The summed E-state index contributed by atoms with van der Waals surface area (Å²) in [6.07, 6.45) is 2.20. The molecule has 2 rings (SSSR count). The normalized spacial score (nSPS) is 15.9. The lowest BCUT2D eigenvalue weighted by molar-refractivity contribution is 0.237. The molecule has 1 aliphatic carbocycles. The maximum Gasteiger partial charge on any atom is 0.315 e. The van der Waals surface area contributed by atoms with Crippen LogP contribution in [0.5, 0.6) is 5.75 Å². The van der Waals surface area contributed by atoms with E-state index in [4.69, 9.17) is 4.74 Å². The topological polar surface area (TPSA) is 50.4 Å². The Hall–Kier alpha value is -1.71. The van der Waals surface area contributed by atoms with Gasteiger partial charge in [0.2, 0.25) is 0 Å². The van der Waals surface area contributed by atoms with Gasteiger partial charge >= 0.3 is 6.03 Å². The third kappa shape index (κ3) is 3.65. The molecule has 1 aliphatic rings. The molecule has 98 valence electrons. The summed E-state index contributed by atoms with van der Waals surface area (Å²) in [6, 6.07) is 8.08. The first-order valence-electron chi connectivity index (χ1n) is 6.49. The van der Waals surface area contributed by atoms with Crippen LogP contribution in [0.4, 0.5) is 4.79 Å². The average Bonchev–Trinajstić information content (AvgIpc) is 3.13. The van der Waals surface area contributed by atoms with Crippen molar-refractivity contribution in [2.75, 3.05) is 6.61 Å². The lowest BCUT2D eigenvalue weighted by Gasteiger charge is -2.15. The minimum Gasteiger partial charge on any atom is -0.494 e. The van der Waals surface area contributed by atoms with Gasteiger partial charge in [-0.05, 0) is 44.4 Å². The first-order chi connectivity index (χ1) is 8.69. The van der Waals surface area contributed by atoms with Gasteiger partial charge in [-0.2, -0.15) is 0 Å². The minimum atomic E-state index is -0.0909. The van der Waals surface area contributed by atoms with Crippen molar-refractivity contribution in [3.8, 4) is 5.75 Å². The number of benzene rings is 1. The monoisotopic (exact) mass is 248 g/mol. The molecule has 1 atom stereocenters. The molecule has 1 saturated carbocycles. The zero-order valence-corrected chi connectivity index (χ0v) is 10.9. The van der Waals surface area contributed by atoms with Crippen LogP contribution in [0.1, 0.15) is 38.3 Å². The summed E-state index contributed by atoms with van der Waals surface area (Å²) >= 11 is 0. The summed E-state index contributed by atoms with van der Waals surface area (Å²) in [5, 5.41) is 5.84. The van der Waals surface area contributed by atoms with Crippen molar-refractivity contribution in [2.24, 2.45) is 0 Å². The fraction of sp³-hybridized carbons (Fsp3) is 0.500. The Bertz CT molecular complexity index is 416. The molecule has 0 heterocycles. The van der Waals surface area contributed by atoms with E-state index in [9.17, 15) is 4.79 Å². The van der Waals surface area contributed by atoms with E-state index in [1.165, 1.54) is 0 Å². The number of amides is 2. The Labute approximate surface area is 108 Å². The number of hydrogen-bond acceptors (Lipinski definition) is 2. The van der Waals surface area contributed by atoms with Crippen LogP contribution in [-0.2, 0) is 0 Å². The molecule has 1 fully saturated rings. The van der Waals surface area contributed by atoms with Gasteiger partial charge in [-0.15, -0.1) is 0 Å². The summed E-state index contributed by atoms with van der Waals surface area (Å²) in [7, 11) is 0. The van der Waals surface area contributed by atoms with Gasteiger partial charge in [0, 0.05) is 6.04 Å². The molecule has 2 N–H and O–H groups in total. The number of ether oxygens (including phenoxy) is 1.